The van der Waals surface area contributed by atoms with Crippen molar-refractivity contribution in [1.82, 2.24) is 5.32 Å². The third-order valence-corrected chi connectivity index (χ3v) is 6.36. The van der Waals surface area contributed by atoms with E-state index in [1.807, 2.05) is 70.2 Å². The van der Waals surface area contributed by atoms with E-state index >= 15 is 0 Å². The van der Waals surface area contributed by atoms with Gasteiger partial charge < -0.3 is 20.3 Å². The Bertz CT molecular complexity index is 1210. The Morgan fingerprint density at radius 2 is 1.81 bits per heavy atom. The highest BCUT2D eigenvalue weighted by Gasteiger charge is 2.22. The molecule has 2 atom stereocenters. The van der Waals surface area contributed by atoms with Gasteiger partial charge in [0.15, 0.2) is 0 Å². The summed E-state index contributed by atoms with van der Waals surface area (Å²) < 4.78 is 20.3. The van der Waals surface area contributed by atoms with Gasteiger partial charge in [-0.3, -0.25) is 0 Å². The van der Waals surface area contributed by atoms with Crippen LogP contribution in [0.2, 0.25) is 0 Å². The number of carbonyl (C=O) groups is 1. The fourth-order valence-electron chi connectivity index (χ4n) is 4.32. The molecular weight excluding hydrogens is 457 g/mol. The van der Waals surface area contributed by atoms with E-state index in [0.717, 1.165) is 22.3 Å². The molecule has 0 aromatic heterocycles. The van der Waals surface area contributed by atoms with E-state index < -0.39 is 17.6 Å². The second kappa shape index (κ2) is 11.8. The molecule has 0 saturated heterocycles. The molecule has 5 nitrogen and oxygen atoms in total. The zero-order valence-electron chi connectivity index (χ0n) is 21.6. The molecule has 0 aliphatic rings. The minimum Gasteiger partial charge on any atom is -0.478 e. The number of β-amino-alcohol motifs (C(OH)–C–C–N with tert-alkyl or cyclic N) is 1. The molecule has 36 heavy (non-hydrogen) atoms. The van der Waals surface area contributed by atoms with E-state index in [2.05, 4.69) is 5.32 Å². The zero-order valence-corrected chi connectivity index (χ0v) is 21.6. The van der Waals surface area contributed by atoms with Crippen LogP contribution in [0.3, 0.4) is 0 Å². The number of ether oxygens (including phenoxy) is 1. The third-order valence-electron chi connectivity index (χ3n) is 6.36. The first-order chi connectivity index (χ1) is 17.0. The van der Waals surface area contributed by atoms with Crippen LogP contribution in [0, 0.1) is 19.7 Å². The maximum atomic E-state index is 14.3. The van der Waals surface area contributed by atoms with Gasteiger partial charge in [-0.25, -0.2) is 9.18 Å². The molecule has 3 aromatic carbocycles. The number of aliphatic hydroxyl groups excluding tert-OH is 1. The fraction of sp³-hybridized carbons (Fsp3) is 0.367. The second-order valence-corrected chi connectivity index (χ2v) is 10.1. The standard InChI is InChI=1S/C30H36FNO4/c1-19-10-11-23(28(31)14-19)16-30(4,5)32-17-24(33)18-36-21(3)26-8-6-7-9-27(26)22-12-13-25(29(34)35)20(2)15-22/h6-15,21,24,32-33H,16-18H2,1-5H3,(H,34,35)/t21-,24-/m1/s1. The third kappa shape index (κ3) is 7.23. The molecule has 0 radical (unpaired) electrons. The molecule has 3 rings (SSSR count). The first kappa shape index (κ1) is 27.5. The van der Waals surface area contributed by atoms with Crippen LogP contribution in [0.15, 0.2) is 60.7 Å². The van der Waals surface area contributed by atoms with Crippen molar-refractivity contribution in [1.29, 1.82) is 0 Å². The number of aliphatic hydroxyl groups is 1. The minimum absolute atomic E-state index is 0.133. The number of carboxylic acids is 1. The predicted octanol–water partition coefficient (Wildman–Crippen LogP) is 5.86. The minimum atomic E-state index is -0.946. The maximum absolute atomic E-state index is 14.3. The van der Waals surface area contributed by atoms with Crippen LogP contribution in [0.1, 0.15) is 59.5 Å². The molecule has 6 heteroatoms. The topological polar surface area (TPSA) is 78.8 Å². The lowest BCUT2D eigenvalue weighted by Crippen LogP contribution is -2.46. The molecule has 0 fully saturated rings. The lowest BCUT2D eigenvalue weighted by molar-refractivity contribution is -0.00398. The van der Waals surface area contributed by atoms with Crippen molar-refractivity contribution in [3.05, 3.63) is 94.3 Å². The highest BCUT2D eigenvalue weighted by Crippen LogP contribution is 2.31. The van der Waals surface area contributed by atoms with Crippen molar-refractivity contribution >= 4 is 5.97 Å². The Morgan fingerprint density at radius 1 is 1.08 bits per heavy atom. The van der Waals surface area contributed by atoms with Crippen LogP contribution < -0.4 is 5.32 Å². The van der Waals surface area contributed by atoms with Gasteiger partial charge in [0, 0.05) is 12.1 Å². The molecule has 0 unspecified atom stereocenters. The number of aryl methyl sites for hydroxylation is 2. The van der Waals surface area contributed by atoms with Crippen molar-refractivity contribution in [3.8, 4) is 11.1 Å². The van der Waals surface area contributed by atoms with Gasteiger partial charge in [-0.1, -0.05) is 48.5 Å². The summed E-state index contributed by atoms with van der Waals surface area (Å²) in [6, 6.07) is 18.4. The molecule has 0 aliphatic heterocycles. The summed E-state index contributed by atoms with van der Waals surface area (Å²) in [4.78, 5) is 11.4. The van der Waals surface area contributed by atoms with E-state index in [-0.39, 0.29) is 24.1 Å². The average molecular weight is 494 g/mol. The van der Waals surface area contributed by atoms with Gasteiger partial charge in [-0.05, 0) is 86.6 Å². The summed E-state index contributed by atoms with van der Waals surface area (Å²) in [7, 11) is 0. The van der Waals surface area contributed by atoms with Gasteiger partial charge in [0.1, 0.15) is 5.82 Å². The monoisotopic (exact) mass is 493 g/mol. The van der Waals surface area contributed by atoms with Gasteiger partial charge in [0.05, 0.1) is 24.4 Å². The highest BCUT2D eigenvalue weighted by molar-refractivity contribution is 5.90. The summed E-state index contributed by atoms with van der Waals surface area (Å²) in [5.74, 6) is -1.16. The van der Waals surface area contributed by atoms with E-state index in [9.17, 15) is 19.4 Å². The molecular formula is C30H36FNO4. The molecule has 0 spiro atoms. The Hall–Kier alpha value is -3.06. The van der Waals surface area contributed by atoms with E-state index in [4.69, 9.17) is 4.74 Å². The number of carboxylic acid groups (broad SMARTS) is 1. The van der Waals surface area contributed by atoms with Crippen molar-refractivity contribution in [3.63, 3.8) is 0 Å². The van der Waals surface area contributed by atoms with Crippen molar-refractivity contribution in [2.75, 3.05) is 13.2 Å². The van der Waals surface area contributed by atoms with Crippen LogP contribution in [-0.4, -0.2) is 41.0 Å². The van der Waals surface area contributed by atoms with Crippen LogP contribution in [-0.2, 0) is 11.2 Å². The number of halogens is 1. The van der Waals surface area contributed by atoms with Crippen LogP contribution in [0.25, 0.3) is 11.1 Å². The summed E-state index contributed by atoms with van der Waals surface area (Å²) in [6.07, 6.45) is -0.528. The first-order valence-electron chi connectivity index (χ1n) is 12.2. The molecule has 0 aliphatic carbocycles. The molecule has 0 heterocycles. The summed E-state index contributed by atoms with van der Waals surface area (Å²) in [5, 5.41) is 23.2. The van der Waals surface area contributed by atoms with E-state index in [1.165, 1.54) is 6.07 Å². The Kier molecular flexibility index (Phi) is 9.01. The van der Waals surface area contributed by atoms with Gasteiger partial charge >= 0.3 is 5.97 Å². The van der Waals surface area contributed by atoms with Crippen LogP contribution in [0.4, 0.5) is 4.39 Å². The molecule has 0 saturated carbocycles. The number of nitrogens with one attached hydrogen (secondary N) is 1. The SMILES string of the molecule is Cc1ccc(CC(C)(C)NC[C@@H](O)CO[C@H](C)c2ccccc2-c2ccc(C(=O)O)c(C)c2)c(F)c1. The number of hydrogen-bond donors (Lipinski definition) is 3. The summed E-state index contributed by atoms with van der Waals surface area (Å²) in [5.41, 5.74) is 4.92. The van der Waals surface area contributed by atoms with Gasteiger partial charge in [-0.2, -0.15) is 0 Å². The van der Waals surface area contributed by atoms with Gasteiger partial charge in [0.25, 0.3) is 0 Å². The molecule has 192 valence electrons. The van der Waals surface area contributed by atoms with E-state index in [1.54, 1.807) is 19.1 Å². The van der Waals surface area contributed by atoms with Crippen molar-refractivity contribution < 1.29 is 24.1 Å². The Morgan fingerprint density at radius 3 is 2.47 bits per heavy atom. The molecule has 3 N–H and O–H groups in total. The molecule has 0 amide bonds. The fourth-order valence-corrected chi connectivity index (χ4v) is 4.32. The Balaban J connectivity index is 1.59. The molecule has 0 bridgehead atoms. The normalized spacial score (nSPS) is 13.4. The van der Waals surface area contributed by atoms with Gasteiger partial charge in [0.2, 0.25) is 0 Å². The smallest absolute Gasteiger partial charge is 0.335 e. The Labute approximate surface area is 213 Å². The largest absolute Gasteiger partial charge is 0.478 e. The predicted molar refractivity (Wildman–Crippen MR) is 141 cm³/mol. The van der Waals surface area contributed by atoms with Gasteiger partial charge in [-0.15, -0.1) is 0 Å². The maximum Gasteiger partial charge on any atom is 0.335 e. The molecule has 3 aromatic rings. The number of hydrogen-bond acceptors (Lipinski definition) is 4. The highest BCUT2D eigenvalue weighted by atomic mass is 19.1. The van der Waals surface area contributed by atoms with Crippen molar-refractivity contribution in [2.45, 2.75) is 58.8 Å². The zero-order chi connectivity index (χ0) is 26.5. The van der Waals surface area contributed by atoms with Crippen LogP contribution in [0.5, 0.6) is 0 Å². The second-order valence-electron chi connectivity index (χ2n) is 10.1. The number of benzene rings is 3. The lowest BCUT2D eigenvalue weighted by Gasteiger charge is -2.28. The lowest BCUT2D eigenvalue weighted by atomic mass is 9.93. The van der Waals surface area contributed by atoms with Crippen LogP contribution >= 0.6 is 0 Å². The first-order valence-corrected chi connectivity index (χ1v) is 12.2. The summed E-state index contributed by atoms with van der Waals surface area (Å²) in [6.45, 7) is 9.99. The summed E-state index contributed by atoms with van der Waals surface area (Å²) >= 11 is 0. The van der Waals surface area contributed by atoms with E-state index in [0.29, 0.717) is 24.1 Å². The number of aromatic carboxylic acids is 1. The average Bonchev–Trinajstić information content (AvgIpc) is 2.82. The number of rotatable bonds is 11. The van der Waals surface area contributed by atoms with Crippen molar-refractivity contribution in [2.24, 2.45) is 0 Å². The quantitative estimate of drug-likeness (QED) is 0.312.